The fourth-order valence-corrected chi connectivity index (χ4v) is 2.65. The molecule has 0 aromatic carbocycles. The van der Waals surface area contributed by atoms with Crippen LogP contribution in [0.3, 0.4) is 0 Å². The van der Waals surface area contributed by atoms with E-state index in [2.05, 4.69) is 15.1 Å². The van der Waals surface area contributed by atoms with Gasteiger partial charge in [0.15, 0.2) is 5.65 Å². The summed E-state index contributed by atoms with van der Waals surface area (Å²) < 4.78 is 15.0. The number of nitrogens with zero attached hydrogens (tertiary/aromatic N) is 4. The zero-order chi connectivity index (χ0) is 13.4. The van der Waals surface area contributed by atoms with Crippen LogP contribution in [0.1, 0.15) is 19.8 Å². The Morgan fingerprint density at radius 2 is 2.05 bits per heavy atom. The Morgan fingerprint density at radius 3 is 2.74 bits per heavy atom. The fraction of sp³-hybridized carbons (Fsp3) is 0.538. The van der Waals surface area contributed by atoms with E-state index in [0.29, 0.717) is 17.5 Å². The van der Waals surface area contributed by atoms with Gasteiger partial charge in [-0.1, -0.05) is 0 Å². The zero-order valence-electron chi connectivity index (χ0n) is 10.8. The van der Waals surface area contributed by atoms with Crippen molar-refractivity contribution in [3.63, 3.8) is 0 Å². The first-order chi connectivity index (χ1) is 9.15. The number of piperidine rings is 1. The first-order valence-electron chi connectivity index (χ1n) is 6.58. The number of aliphatic hydroxyl groups excluding tert-OH is 1. The number of halogens is 1. The van der Waals surface area contributed by atoms with Crippen LogP contribution in [-0.2, 0) is 0 Å². The second-order valence-electron chi connectivity index (χ2n) is 5.14. The van der Waals surface area contributed by atoms with Crippen LogP contribution < -0.4 is 4.90 Å². The molecule has 1 fully saturated rings. The molecule has 2 aromatic heterocycles. The van der Waals surface area contributed by atoms with Crippen molar-refractivity contribution in [3.05, 3.63) is 24.1 Å². The molecule has 0 saturated carbocycles. The molecular weight excluding hydrogens is 247 g/mol. The fourth-order valence-electron chi connectivity index (χ4n) is 2.65. The molecule has 19 heavy (non-hydrogen) atoms. The van der Waals surface area contributed by atoms with E-state index in [-0.39, 0.29) is 11.9 Å². The van der Waals surface area contributed by atoms with Crippen LogP contribution in [0.2, 0.25) is 0 Å². The minimum Gasteiger partial charge on any atom is -0.393 e. The third-order valence-electron chi connectivity index (χ3n) is 3.85. The topological polar surface area (TPSA) is 53.7 Å². The van der Waals surface area contributed by atoms with Gasteiger partial charge in [-0.15, -0.1) is 10.2 Å². The molecular formula is C13H17FN4O. The van der Waals surface area contributed by atoms with Crippen molar-refractivity contribution < 1.29 is 9.50 Å². The highest BCUT2D eigenvalue weighted by Gasteiger charge is 2.25. The normalized spacial score (nSPS) is 19.0. The van der Waals surface area contributed by atoms with Gasteiger partial charge in [-0.2, -0.15) is 0 Å². The molecule has 1 aliphatic rings. The summed E-state index contributed by atoms with van der Waals surface area (Å²) in [6, 6.07) is 3.00. The summed E-state index contributed by atoms with van der Waals surface area (Å²) in [4.78, 5) is 2.10. The van der Waals surface area contributed by atoms with Crippen molar-refractivity contribution in [2.45, 2.75) is 25.9 Å². The largest absolute Gasteiger partial charge is 0.393 e. The van der Waals surface area contributed by atoms with Crippen LogP contribution in [0, 0.1) is 11.7 Å². The molecule has 0 spiro atoms. The van der Waals surface area contributed by atoms with E-state index in [9.17, 15) is 9.50 Å². The van der Waals surface area contributed by atoms with Crippen LogP contribution in [0.15, 0.2) is 18.3 Å². The molecule has 3 rings (SSSR count). The maximum atomic E-state index is 13.3. The number of fused-ring (bicyclic) bond motifs is 1. The number of aliphatic hydroxyl groups is 1. The molecule has 0 radical (unpaired) electrons. The average molecular weight is 264 g/mol. The Morgan fingerprint density at radius 1 is 1.32 bits per heavy atom. The number of hydrogen-bond donors (Lipinski definition) is 1. The predicted octanol–water partition coefficient (Wildman–Crippen LogP) is 1.47. The Labute approximate surface area is 110 Å². The third kappa shape index (κ3) is 2.28. The maximum absolute atomic E-state index is 13.3. The minimum absolute atomic E-state index is 0.269. The van der Waals surface area contributed by atoms with Crippen molar-refractivity contribution in [1.29, 1.82) is 0 Å². The Kier molecular flexibility index (Phi) is 3.10. The molecule has 2 aromatic rings. The highest BCUT2D eigenvalue weighted by atomic mass is 19.1. The second-order valence-corrected chi connectivity index (χ2v) is 5.14. The molecule has 1 unspecified atom stereocenters. The van der Waals surface area contributed by atoms with E-state index < -0.39 is 0 Å². The first-order valence-corrected chi connectivity index (χ1v) is 6.58. The molecule has 1 N–H and O–H groups in total. The summed E-state index contributed by atoms with van der Waals surface area (Å²) in [6.45, 7) is 3.46. The molecule has 0 aliphatic carbocycles. The van der Waals surface area contributed by atoms with Gasteiger partial charge in [0.25, 0.3) is 0 Å². The van der Waals surface area contributed by atoms with Crippen LogP contribution in [0.5, 0.6) is 0 Å². The van der Waals surface area contributed by atoms with E-state index in [1.54, 1.807) is 10.5 Å². The van der Waals surface area contributed by atoms with E-state index in [4.69, 9.17) is 0 Å². The molecule has 1 saturated heterocycles. The van der Waals surface area contributed by atoms with Crippen molar-refractivity contribution >= 4 is 11.6 Å². The molecule has 6 heteroatoms. The van der Waals surface area contributed by atoms with Crippen LogP contribution in [0.4, 0.5) is 10.3 Å². The second kappa shape index (κ2) is 4.77. The quantitative estimate of drug-likeness (QED) is 0.892. The highest BCUT2D eigenvalue weighted by molar-refractivity contribution is 5.46. The van der Waals surface area contributed by atoms with Crippen molar-refractivity contribution in [1.82, 2.24) is 14.6 Å². The van der Waals surface area contributed by atoms with E-state index >= 15 is 0 Å². The summed E-state index contributed by atoms with van der Waals surface area (Å²) in [5.41, 5.74) is 0.647. The molecule has 1 atom stereocenters. The number of hydrogen-bond acceptors (Lipinski definition) is 4. The number of anilines is 1. The van der Waals surface area contributed by atoms with E-state index in [0.717, 1.165) is 25.9 Å². The van der Waals surface area contributed by atoms with Gasteiger partial charge in [-0.3, -0.25) is 4.40 Å². The molecule has 102 valence electrons. The summed E-state index contributed by atoms with van der Waals surface area (Å²) in [6.07, 6.45) is 2.98. The average Bonchev–Trinajstić information content (AvgIpc) is 2.81. The van der Waals surface area contributed by atoms with E-state index in [1.165, 1.54) is 12.3 Å². The molecule has 0 amide bonds. The summed E-state index contributed by atoms with van der Waals surface area (Å²) in [5, 5.41) is 17.8. The maximum Gasteiger partial charge on any atom is 0.231 e. The van der Waals surface area contributed by atoms with Crippen LogP contribution >= 0.6 is 0 Å². The van der Waals surface area contributed by atoms with Gasteiger partial charge in [0.1, 0.15) is 5.82 Å². The molecule has 0 bridgehead atoms. The third-order valence-corrected chi connectivity index (χ3v) is 3.85. The lowest BCUT2D eigenvalue weighted by Gasteiger charge is -2.33. The molecule has 3 heterocycles. The SMILES string of the molecule is CC(O)C1CCN(c2nnc3ccc(F)cn23)CC1. The van der Waals surface area contributed by atoms with Crippen molar-refractivity contribution in [3.8, 4) is 0 Å². The summed E-state index contributed by atoms with van der Waals surface area (Å²) in [7, 11) is 0. The Balaban J connectivity index is 1.84. The smallest absolute Gasteiger partial charge is 0.231 e. The number of pyridine rings is 1. The highest BCUT2D eigenvalue weighted by Crippen LogP contribution is 2.24. The minimum atomic E-state index is -0.299. The van der Waals surface area contributed by atoms with Crippen LogP contribution in [0.25, 0.3) is 5.65 Å². The first kappa shape index (κ1) is 12.3. The summed E-state index contributed by atoms with van der Waals surface area (Å²) >= 11 is 0. The Hall–Kier alpha value is -1.69. The summed E-state index contributed by atoms with van der Waals surface area (Å²) in [5.74, 6) is 0.720. The lowest BCUT2D eigenvalue weighted by molar-refractivity contribution is 0.109. The van der Waals surface area contributed by atoms with Crippen molar-refractivity contribution in [2.75, 3.05) is 18.0 Å². The standard InChI is InChI=1S/C13H17FN4O/c1-9(19)10-4-6-17(7-5-10)13-16-15-12-3-2-11(14)8-18(12)13/h2-3,8-10,19H,4-7H2,1H3. The number of rotatable bonds is 2. The van der Waals surface area contributed by atoms with Gasteiger partial charge in [-0.25, -0.2) is 4.39 Å². The van der Waals surface area contributed by atoms with Gasteiger partial charge < -0.3 is 10.0 Å². The lowest BCUT2D eigenvalue weighted by atomic mass is 9.92. The molecule has 5 nitrogen and oxygen atoms in total. The van der Waals surface area contributed by atoms with Gasteiger partial charge in [-0.05, 0) is 37.8 Å². The lowest BCUT2D eigenvalue weighted by Crippen LogP contribution is -2.38. The van der Waals surface area contributed by atoms with Crippen LogP contribution in [-0.4, -0.2) is 38.9 Å². The van der Waals surface area contributed by atoms with Gasteiger partial charge in [0.2, 0.25) is 5.95 Å². The van der Waals surface area contributed by atoms with Gasteiger partial charge >= 0.3 is 0 Å². The Bertz CT molecular complexity index is 575. The number of aromatic nitrogens is 3. The molecule has 1 aliphatic heterocycles. The predicted molar refractivity (Wildman–Crippen MR) is 69.6 cm³/mol. The van der Waals surface area contributed by atoms with Crippen molar-refractivity contribution in [2.24, 2.45) is 5.92 Å². The van der Waals surface area contributed by atoms with Gasteiger partial charge in [0, 0.05) is 19.3 Å². The van der Waals surface area contributed by atoms with Gasteiger partial charge in [0.05, 0.1) is 6.10 Å². The monoisotopic (exact) mass is 264 g/mol. The van der Waals surface area contributed by atoms with E-state index in [1.807, 2.05) is 6.92 Å². The zero-order valence-corrected chi connectivity index (χ0v) is 10.8.